The summed E-state index contributed by atoms with van der Waals surface area (Å²) in [5, 5.41) is 10.6. The van der Waals surface area contributed by atoms with Crippen molar-refractivity contribution < 1.29 is 18.3 Å². The predicted molar refractivity (Wildman–Crippen MR) is 110 cm³/mol. The molecule has 2 saturated heterocycles. The number of carbonyl (C=O) groups is 1. The fraction of sp³-hybridized carbons (Fsp3) is 0.632. The van der Waals surface area contributed by atoms with E-state index >= 15 is 0 Å². The van der Waals surface area contributed by atoms with Gasteiger partial charge in [0.2, 0.25) is 0 Å². The van der Waals surface area contributed by atoms with E-state index in [2.05, 4.69) is 23.6 Å². The van der Waals surface area contributed by atoms with Gasteiger partial charge in [-0.1, -0.05) is 13.8 Å². The molecule has 3 rings (SSSR count). The summed E-state index contributed by atoms with van der Waals surface area (Å²) in [6, 6.07) is 3.49. The summed E-state index contributed by atoms with van der Waals surface area (Å²) in [5.41, 5.74) is 1.68. The summed E-state index contributed by atoms with van der Waals surface area (Å²) in [4.78, 5) is 16.5. The number of piperazine rings is 1. The number of amides is 1. The molecule has 0 spiro atoms. The van der Waals surface area contributed by atoms with Crippen LogP contribution >= 0.6 is 0 Å². The van der Waals surface area contributed by atoms with E-state index in [1.54, 1.807) is 13.0 Å². The Kier molecular flexibility index (Phi) is 5.77. The first-order valence-electron chi connectivity index (χ1n) is 9.71. The van der Waals surface area contributed by atoms with Gasteiger partial charge in [0.15, 0.2) is 0 Å². The van der Waals surface area contributed by atoms with Crippen molar-refractivity contribution in [2.75, 3.05) is 55.5 Å². The van der Waals surface area contributed by atoms with Crippen LogP contribution < -0.4 is 9.21 Å². The van der Waals surface area contributed by atoms with E-state index in [0.717, 1.165) is 47.0 Å². The lowest BCUT2D eigenvalue weighted by Gasteiger charge is -2.36. The molecule has 2 fully saturated rings. The highest BCUT2D eigenvalue weighted by Gasteiger charge is 2.41. The molecule has 2 heterocycles. The Labute approximate surface area is 167 Å². The molecule has 0 aromatic heterocycles. The van der Waals surface area contributed by atoms with Gasteiger partial charge >= 0.3 is 10.2 Å². The van der Waals surface area contributed by atoms with Crippen LogP contribution in [0.2, 0.25) is 0 Å². The molecule has 1 aromatic carbocycles. The molecule has 0 bridgehead atoms. The third-order valence-electron chi connectivity index (χ3n) is 5.53. The third-order valence-corrected chi connectivity index (χ3v) is 7.29. The predicted octanol–water partition coefficient (Wildman–Crippen LogP) is 1.39. The lowest BCUT2D eigenvalue weighted by atomic mass is 10.1. The number of phenols is 1. The molecular formula is C19H30N4O4S. The number of hydrogen-bond acceptors (Lipinski definition) is 6. The Balaban J connectivity index is 1.76. The molecule has 0 radical (unpaired) electrons. The highest BCUT2D eigenvalue weighted by molar-refractivity contribution is 7.91. The first-order chi connectivity index (χ1) is 13.1. The van der Waals surface area contributed by atoms with Crippen molar-refractivity contribution >= 4 is 27.5 Å². The number of phenolic OH excluding ortho intramolecular Hbond substituents is 1. The lowest BCUT2D eigenvalue weighted by Crippen LogP contribution is -2.46. The number of anilines is 2. The zero-order valence-electron chi connectivity index (χ0n) is 17.1. The van der Waals surface area contributed by atoms with Gasteiger partial charge in [0.1, 0.15) is 12.3 Å². The molecule has 1 N–H and O–H groups in total. The second-order valence-electron chi connectivity index (χ2n) is 8.02. The van der Waals surface area contributed by atoms with E-state index in [-0.39, 0.29) is 18.0 Å². The fourth-order valence-electron chi connectivity index (χ4n) is 3.69. The molecule has 0 unspecified atom stereocenters. The highest BCUT2D eigenvalue weighted by Crippen LogP contribution is 2.39. The summed E-state index contributed by atoms with van der Waals surface area (Å²) in [6.45, 7) is 10.7. The third kappa shape index (κ3) is 3.91. The van der Waals surface area contributed by atoms with Gasteiger partial charge in [0.25, 0.3) is 5.91 Å². The molecule has 0 aliphatic carbocycles. The SMILES string of the molecule is Cc1cc(N2CCN(CCC(C)C)CC2)cc(O)c1N1CC(=O)N(C)S1(=O)=O. The van der Waals surface area contributed by atoms with Gasteiger partial charge < -0.3 is 10.0 Å². The smallest absolute Gasteiger partial charge is 0.329 e. The molecule has 156 valence electrons. The van der Waals surface area contributed by atoms with Gasteiger partial charge in [0, 0.05) is 45.0 Å². The van der Waals surface area contributed by atoms with E-state index in [9.17, 15) is 18.3 Å². The Morgan fingerprint density at radius 1 is 1.14 bits per heavy atom. The first kappa shape index (κ1) is 20.7. The summed E-state index contributed by atoms with van der Waals surface area (Å²) in [6.07, 6.45) is 1.19. The second kappa shape index (κ2) is 7.79. The van der Waals surface area contributed by atoms with E-state index in [4.69, 9.17) is 0 Å². The van der Waals surface area contributed by atoms with Crippen LogP contribution in [-0.4, -0.2) is 75.0 Å². The minimum Gasteiger partial charge on any atom is -0.506 e. The Bertz CT molecular complexity index is 824. The zero-order valence-corrected chi connectivity index (χ0v) is 17.9. The Morgan fingerprint density at radius 2 is 1.79 bits per heavy atom. The van der Waals surface area contributed by atoms with Gasteiger partial charge in [-0.15, -0.1) is 0 Å². The van der Waals surface area contributed by atoms with Crippen LogP contribution in [0.4, 0.5) is 11.4 Å². The van der Waals surface area contributed by atoms with Crippen LogP contribution in [-0.2, 0) is 15.0 Å². The summed E-state index contributed by atoms with van der Waals surface area (Å²) in [7, 11) is -2.70. The van der Waals surface area contributed by atoms with Crippen molar-refractivity contribution in [3.8, 4) is 5.75 Å². The summed E-state index contributed by atoms with van der Waals surface area (Å²) in [5.74, 6) is 0.0577. The van der Waals surface area contributed by atoms with Crippen molar-refractivity contribution in [3.63, 3.8) is 0 Å². The number of benzene rings is 1. The topological polar surface area (TPSA) is 84.4 Å². The molecular weight excluding hydrogens is 380 g/mol. The van der Waals surface area contributed by atoms with Crippen molar-refractivity contribution in [2.45, 2.75) is 27.2 Å². The van der Waals surface area contributed by atoms with Crippen LogP contribution in [0, 0.1) is 12.8 Å². The highest BCUT2D eigenvalue weighted by atomic mass is 32.2. The standard InChI is InChI=1S/C19H30N4O4S/c1-14(2)5-6-21-7-9-22(10-8-21)16-11-15(3)19(17(24)12-16)23-13-18(25)20(4)28(23,26)27/h11-12,14,24H,5-10,13H2,1-4H3. The van der Waals surface area contributed by atoms with Gasteiger partial charge in [-0.25, -0.2) is 8.61 Å². The van der Waals surface area contributed by atoms with Gasteiger partial charge in [-0.3, -0.25) is 9.69 Å². The molecule has 2 aliphatic rings. The normalized spacial score (nSPS) is 20.5. The van der Waals surface area contributed by atoms with Crippen molar-refractivity contribution in [1.82, 2.24) is 9.21 Å². The number of aryl methyl sites for hydroxylation is 1. The van der Waals surface area contributed by atoms with E-state index < -0.39 is 16.1 Å². The van der Waals surface area contributed by atoms with Crippen LogP contribution in [0.1, 0.15) is 25.8 Å². The molecule has 1 aromatic rings. The fourth-order valence-corrected chi connectivity index (χ4v) is 5.05. The Morgan fingerprint density at radius 3 is 2.29 bits per heavy atom. The maximum absolute atomic E-state index is 12.4. The van der Waals surface area contributed by atoms with Crippen molar-refractivity contribution in [1.29, 1.82) is 0 Å². The number of nitrogens with zero attached hydrogens (tertiary/aromatic N) is 4. The van der Waals surface area contributed by atoms with E-state index in [1.807, 2.05) is 6.07 Å². The second-order valence-corrected chi connectivity index (χ2v) is 9.90. The van der Waals surface area contributed by atoms with Crippen LogP contribution in [0.5, 0.6) is 5.75 Å². The van der Waals surface area contributed by atoms with Gasteiger partial charge in [-0.2, -0.15) is 8.42 Å². The van der Waals surface area contributed by atoms with Crippen molar-refractivity contribution in [3.05, 3.63) is 17.7 Å². The Hall–Kier alpha value is -2.00. The van der Waals surface area contributed by atoms with Crippen LogP contribution in [0.3, 0.4) is 0 Å². The molecule has 9 heteroatoms. The van der Waals surface area contributed by atoms with E-state index in [0.29, 0.717) is 11.5 Å². The number of rotatable bonds is 5. The minimum atomic E-state index is -3.93. The van der Waals surface area contributed by atoms with Gasteiger partial charge in [-0.05, 0) is 37.4 Å². The molecule has 8 nitrogen and oxygen atoms in total. The quantitative estimate of drug-likeness (QED) is 0.790. The van der Waals surface area contributed by atoms with E-state index in [1.165, 1.54) is 13.5 Å². The summed E-state index contributed by atoms with van der Waals surface area (Å²) < 4.78 is 26.6. The average Bonchev–Trinajstić information content (AvgIpc) is 2.83. The first-order valence-corrected chi connectivity index (χ1v) is 11.1. The molecule has 0 saturated carbocycles. The minimum absolute atomic E-state index is 0.121. The van der Waals surface area contributed by atoms with Crippen molar-refractivity contribution in [2.24, 2.45) is 5.92 Å². The number of hydrogen-bond donors (Lipinski definition) is 1. The lowest BCUT2D eigenvalue weighted by molar-refractivity contribution is -0.123. The largest absolute Gasteiger partial charge is 0.506 e. The van der Waals surface area contributed by atoms with Crippen LogP contribution in [0.25, 0.3) is 0 Å². The maximum Gasteiger partial charge on any atom is 0.329 e. The molecule has 28 heavy (non-hydrogen) atoms. The zero-order chi connectivity index (χ0) is 20.6. The molecule has 1 amide bonds. The van der Waals surface area contributed by atoms with Gasteiger partial charge in [0.05, 0.1) is 5.69 Å². The number of aromatic hydroxyl groups is 1. The number of likely N-dealkylation sites (N-methyl/N-ethyl adjacent to an activating group) is 1. The maximum atomic E-state index is 12.4. The average molecular weight is 411 g/mol. The molecule has 2 aliphatic heterocycles. The monoisotopic (exact) mass is 410 g/mol. The van der Waals surface area contributed by atoms with Crippen LogP contribution in [0.15, 0.2) is 12.1 Å². The summed E-state index contributed by atoms with van der Waals surface area (Å²) >= 11 is 0. The molecule has 0 atom stereocenters. The number of carbonyl (C=O) groups excluding carboxylic acids is 1.